The molecular weight excluding hydrogens is 446 g/mol. The van der Waals surface area contributed by atoms with Gasteiger partial charge in [0.25, 0.3) is 0 Å². The number of fused-ring (bicyclic) bond motifs is 1. The Morgan fingerprint density at radius 1 is 1.08 bits per heavy atom. The van der Waals surface area contributed by atoms with E-state index in [1.54, 1.807) is 0 Å². The lowest BCUT2D eigenvalue weighted by Crippen LogP contribution is -2.53. The van der Waals surface area contributed by atoms with E-state index < -0.39 is 0 Å². The van der Waals surface area contributed by atoms with Crippen molar-refractivity contribution in [1.29, 1.82) is 5.41 Å². The standard InChI is InChI=1S/C29H33N7/c1-18-5-4-6-27(33-18)28(31)25(14-30)23-11-12-26-24(13-23)29(35-34-26)22-9-7-21(8-10-22)17-36-15-19(2)32-20(3)16-36/h4-14,19-20,30,32H,15-17,31H2,1-3H3,(H,34,35)/b28-25+,30-14?. The first-order valence-corrected chi connectivity index (χ1v) is 12.4. The van der Waals surface area contributed by atoms with Crippen LogP contribution in [0.3, 0.4) is 0 Å². The third-order valence-electron chi connectivity index (χ3n) is 6.74. The van der Waals surface area contributed by atoms with Crippen LogP contribution in [0.1, 0.15) is 36.4 Å². The van der Waals surface area contributed by atoms with E-state index in [4.69, 9.17) is 11.1 Å². The Morgan fingerprint density at radius 2 is 1.83 bits per heavy atom. The first-order chi connectivity index (χ1) is 17.4. The number of aromatic nitrogens is 3. The molecule has 3 heterocycles. The van der Waals surface area contributed by atoms with Crippen molar-refractivity contribution < 1.29 is 0 Å². The molecule has 2 aromatic carbocycles. The number of nitrogens with two attached hydrogens (primary N) is 1. The average molecular weight is 480 g/mol. The summed E-state index contributed by atoms with van der Waals surface area (Å²) in [5, 5.41) is 20.4. The number of aryl methyl sites for hydroxylation is 1. The van der Waals surface area contributed by atoms with Crippen molar-refractivity contribution in [1.82, 2.24) is 25.4 Å². The molecule has 1 saturated heterocycles. The van der Waals surface area contributed by atoms with Gasteiger partial charge in [-0.15, -0.1) is 0 Å². The van der Waals surface area contributed by atoms with Gasteiger partial charge < -0.3 is 16.5 Å². The smallest absolute Gasteiger partial charge is 0.0999 e. The molecule has 5 rings (SSSR count). The van der Waals surface area contributed by atoms with Gasteiger partial charge in [-0.25, -0.2) is 0 Å². The zero-order valence-electron chi connectivity index (χ0n) is 21.0. The first kappa shape index (κ1) is 23.9. The van der Waals surface area contributed by atoms with Crippen molar-refractivity contribution in [3.63, 3.8) is 0 Å². The van der Waals surface area contributed by atoms with E-state index >= 15 is 0 Å². The maximum Gasteiger partial charge on any atom is 0.0999 e. The maximum atomic E-state index is 8.05. The van der Waals surface area contributed by atoms with Gasteiger partial charge in [-0.2, -0.15) is 5.10 Å². The molecule has 1 aliphatic rings. The fourth-order valence-electron chi connectivity index (χ4n) is 5.14. The number of pyridine rings is 1. The van der Waals surface area contributed by atoms with Crippen LogP contribution >= 0.6 is 0 Å². The summed E-state index contributed by atoms with van der Waals surface area (Å²) in [6.07, 6.45) is 1.30. The fraction of sp³-hybridized carbons (Fsp3) is 0.276. The molecule has 0 aliphatic carbocycles. The molecular formula is C29H33N7. The van der Waals surface area contributed by atoms with Crippen molar-refractivity contribution in [2.75, 3.05) is 13.1 Å². The predicted molar refractivity (Wildman–Crippen MR) is 148 cm³/mol. The number of hydrogen-bond donors (Lipinski definition) is 4. The molecule has 1 fully saturated rings. The molecule has 0 saturated carbocycles. The van der Waals surface area contributed by atoms with Crippen molar-refractivity contribution in [2.24, 2.45) is 5.73 Å². The topological polar surface area (TPSA) is 107 Å². The molecule has 5 N–H and O–H groups in total. The lowest BCUT2D eigenvalue weighted by atomic mass is 9.99. The molecule has 2 aromatic heterocycles. The third-order valence-corrected chi connectivity index (χ3v) is 6.74. The van der Waals surface area contributed by atoms with E-state index in [1.807, 2.05) is 37.3 Å². The van der Waals surface area contributed by atoms with Gasteiger partial charge >= 0.3 is 0 Å². The largest absolute Gasteiger partial charge is 0.396 e. The van der Waals surface area contributed by atoms with Crippen molar-refractivity contribution in [2.45, 2.75) is 39.4 Å². The second-order valence-corrected chi connectivity index (χ2v) is 9.83. The number of rotatable bonds is 6. The second-order valence-electron chi connectivity index (χ2n) is 9.83. The molecule has 184 valence electrons. The van der Waals surface area contributed by atoms with Crippen LogP contribution in [0.5, 0.6) is 0 Å². The van der Waals surface area contributed by atoms with Crippen molar-refractivity contribution in [3.8, 4) is 11.3 Å². The minimum Gasteiger partial charge on any atom is -0.396 e. The highest BCUT2D eigenvalue weighted by atomic mass is 15.2. The SMILES string of the molecule is Cc1cccc(/C(N)=C(/C=N)c2ccc3[nH]nc(-c4ccc(CN5CC(C)NC(C)C5)cc4)c3c2)n1. The molecule has 4 aromatic rings. The van der Waals surface area contributed by atoms with Crippen LogP contribution in [0.15, 0.2) is 60.7 Å². The normalized spacial score (nSPS) is 19.3. The lowest BCUT2D eigenvalue weighted by Gasteiger charge is -2.36. The Morgan fingerprint density at radius 3 is 2.53 bits per heavy atom. The van der Waals surface area contributed by atoms with Gasteiger partial charge in [0.15, 0.2) is 0 Å². The highest BCUT2D eigenvalue weighted by molar-refractivity contribution is 6.18. The summed E-state index contributed by atoms with van der Waals surface area (Å²) in [7, 11) is 0. The van der Waals surface area contributed by atoms with E-state index in [0.29, 0.717) is 29.0 Å². The van der Waals surface area contributed by atoms with E-state index in [-0.39, 0.29) is 0 Å². The monoisotopic (exact) mass is 479 g/mol. The van der Waals surface area contributed by atoms with Crippen molar-refractivity contribution >= 4 is 28.4 Å². The number of H-pyrrole nitrogens is 1. The molecule has 0 spiro atoms. The van der Waals surface area contributed by atoms with E-state index in [2.05, 4.69) is 69.6 Å². The Hall–Kier alpha value is -3.81. The highest BCUT2D eigenvalue weighted by Gasteiger charge is 2.21. The highest BCUT2D eigenvalue weighted by Crippen LogP contribution is 2.30. The summed E-state index contributed by atoms with van der Waals surface area (Å²) >= 11 is 0. The van der Waals surface area contributed by atoms with Crippen LogP contribution in [-0.2, 0) is 6.54 Å². The Labute approximate surface area is 211 Å². The van der Waals surface area contributed by atoms with Gasteiger partial charge in [-0.05, 0) is 56.2 Å². The minimum absolute atomic E-state index is 0.485. The number of benzene rings is 2. The predicted octanol–water partition coefficient (Wildman–Crippen LogP) is 4.59. The van der Waals surface area contributed by atoms with E-state index in [1.165, 1.54) is 11.8 Å². The average Bonchev–Trinajstić information content (AvgIpc) is 3.28. The first-order valence-electron chi connectivity index (χ1n) is 12.4. The Kier molecular flexibility index (Phi) is 6.67. The summed E-state index contributed by atoms with van der Waals surface area (Å²) in [4.78, 5) is 7.04. The van der Waals surface area contributed by atoms with Crippen LogP contribution in [0.4, 0.5) is 0 Å². The third kappa shape index (κ3) is 4.94. The van der Waals surface area contributed by atoms with Crippen LogP contribution in [0, 0.1) is 12.3 Å². The number of hydrogen-bond acceptors (Lipinski definition) is 6. The summed E-state index contributed by atoms with van der Waals surface area (Å²) in [5.41, 5.74) is 14.2. The molecule has 0 amide bonds. The van der Waals surface area contributed by atoms with Gasteiger partial charge in [0.2, 0.25) is 0 Å². The molecule has 2 unspecified atom stereocenters. The Bertz CT molecular complexity index is 1410. The fourth-order valence-corrected chi connectivity index (χ4v) is 5.14. The van der Waals surface area contributed by atoms with Gasteiger partial charge in [0.05, 0.1) is 22.6 Å². The number of nitrogens with zero attached hydrogens (tertiary/aromatic N) is 3. The second kappa shape index (κ2) is 10.0. The van der Waals surface area contributed by atoms with Gasteiger partial charge in [0, 0.05) is 60.1 Å². The van der Waals surface area contributed by atoms with Crippen molar-refractivity contribution in [3.05, 3.63) is 83.2 Å². The minimum atomic E-state index is 0.485. The molecule has 1 aliphatic heterocycles. The number of aromatic amines is 1. The quantitative estimate of drug-likeness (QED) is 0.303. The molecule has 0 radical (unpaired) electrons. The van der Waals surface area contributed by atoms with Gasteiger partial charge in [0.1, 0.15) is 0 Å². The van der Waals surface area contributed by atoms with Crippen LogP contribution in [0.25, 0.3) is 33.4 Å². The van der Waals surface area contributed by atoms with Gasteiger partial charge in [-0.3, -0.25) is 15.0 Å². The molecule has 7 nitrogen and oxygen atoms in total. The summed E-state index contributed by atoms with van der Waals surface area (Å²) in [5.74, 6) is 0. The zero-order valence-corrected chi connectivity index (χ0v) is 21.0. The number of allylic oxidation sites excluding steroid dienone is 1. The number of piperazine rings is 1. The van der Waals surface area contributed by atoms with Crippen LogP contribution < -0.4 is 11.1 Å². The summed E-state index contributed by atoms with van der Waals surface area (Å²) < 4.78 is 0. The van der Waals surface area contributed by atoms with E-state index in [9.17, 15) is 0 Å². The molecule has 7 heteroatoms. The molecule has 36 heavy (non-hydrogen) atoms. The number of nitrogens with one attached hydrogen (secondary N) is 3. The summed E-state index contributed by atoms with van der Waals surface area (Å²) in [6.45, 7) is 9.48. The lowest BCUT2D eigenvalue weighted by molar-refractivity contribution is 0.166. The van der Waals surface area contributed by atoms with Crippen LogP contribution in [-0.4, -0.2) is 51.5 Å². The summed E-state index contributed by atoms with van der Waals surface area (Å²) in [6, 6.07) is 21.4. The van der Waals surface area contributed by atoms with Crippen LogP contribution in [0.2, 0.25) is 0 Å². The molecule has 2 atom stereocenters. The van der Waals surface area contributed by atoms with Gasteiger partial charge in [-0.1, -0.05) is 36.4 Å². The molecule has 0 bridgehead atoms. The maximum absolute atomic E-state index is 8.05. The van der Waals surface area contributed by atoms with E-state index in [0.717, 1.165) is 53.1 Å². The zero-order chi connectivity index (χ0) is 25.2. The Balaban J connectivity index is 1.44.